The maximum Gasteiger partial charge on any atom is 0.245 e. The summed E-state index contributed by atoms with van der Waals surface area (Å²) < 4.78 is 0. The molecule has 5 nitrogen and oxygen atoms in total. The van der Waals surface area contributed by atoms with Gasteiger partial charge in [0.2, 0.25) is 5.28 Å². The average Bonchev–Trinajstić information content (AvgIpc) is 2.84. The van der Waals surface area contributed by atoms with Gasteiger partial charge in [0.15, 0.2) is 11.0 Å². The monoisotopic (exact) mass is 289 g/mol. The summed E-state index contributed by atoms with van der Waals surface area (Å²) in [5.41, 5.74) is 0. The largest absolute Gasteiger partial charge is 0.358 e. The Labute approximate surface area is 112 Å². The number of hydrogen-bond donors (Lipinski definition) is 1. The van der Waals surface area contributed by atoms with Crippen molar-refractivity contribution in [3.05, 3.63) is 27.0 Å². The van der Waals surface area contributed by atoms with E-state index in [0.29, 0.717) is 5.82 Å². The number of halogens is 2. The summed E-state index contributed by atoms with van der Waals surface area (Å²) in [6.45, 7) is 2.04. The molecule has 0 saturated carbocycles. The zero-order valence-electron chi connectivity index (χ0n) is 8.89. The third-order valence-electron chi connectivity index (χ3n) is 2.09. The van der Waals surface area contributed by atoms with Gasteiger partial charge < -0.3 is 5.32 Å². The van der Waals surface area contributed by atoms with E-state index in [1.165, 1.54) is 0 Å². The van der Waals surface area contributed by atoms with Crippen molar-refractivity contribution in [3.8, 4) is 0 Å². The van der Waals surface area contributed by atoms with Gasteiger partial charge in [-0.2, -0.15) is 4.98 Å². The zero-order valence-corrected chi connectivity index (χ0v) is 11.2. The van der Waals surface area contributed by atoms with Crippen LogP contribution >= 0.6 is 34.5 Å². The molecule has 0 amide bonds. The first-order valence-corrected chi connectivity index (χ1v) is 6.56. The minimum absolute atomic E-state index is 0.0419. The van der Waals surface area contributed by atoms with Gasteiger partial charge in [-0.25, -0.2) is 4.98 Å². The Bertz CT molecular complexity index is 490. The van der Waals surface area contributed by atoms with Crippen LogP contribution in [-0.4, -0.2) is 20.2 Å². The molecule has 0 fully saturated rings. The molecule has 0 aliphatic heterocycles. The lowest BCUT2D eigenvalue weighted by Crippen LogP contribution is -2.11. The van der Waals surface area contributed by atoms with Crippen LogP contribution in [0.4, 0.5) is 5.82 Å². The summed E-state index contributed by atoms with van der Waals surface area (Å²) >= 11 is 13.1. The van der Waals surface area contributed by atoms with Crippen molar-refractivity contribution in [2.45, 2.75) is 19.4 Å². The lowest BCUT2D eigenvalue weighted by atomic mass is 10.2. The molecular weight excluding hydrogens is 281 g/mol. The second-order valence-electron chi connectivity index (χ2n) is 3.20. The predicted molar refractivity (Wildman–Crippen MR) is 68.6 cm³/mol. The molecule has 0 aromatic carbocycles. The number of thiazole rings is 1. The fourth-order valence-electron chi connectivity index (χ4n) is 1.30. The van der Waals surface area contributed by atoms with E-state index >= 15 is 0 Å². The van der Waals surface area contributed by atoms with Gasteiger partial charge in [-0.3, -0.25) is 0 Å². The maximum absolute atomic E-state index is 5.88. The highest BCUT2D eigenvalue weighted by molar-refractivity contribution is 7.09. The third kappa shape index (κ3) is 3.02. The number of anilines is 1. The number of nitrogens with zero attached hydrogens (tertiary/aromatic N) is 4. The molecule has 2 heterocycles. The first-order valence-electron chi connectivity index (χ1n) is 4.92. The number of rotatable bonds is 4. The van der Waals surface area contributed by atoms with Crippen LogP contribution in [0, 0.1) is 0 Å². The van der Waals surface area contributed by atoms with Crippen molar-refractivity contribution >= 4 is 40.4 Å². The van der Waals surface area contributed by atoms with Crippen LogP contribution in [0.3, 0.4) is 0 Å². The van der Waals surface area contributed by atoms with Gasteiger partial charge in [-0.1, -0.05) is 18.5 Å². The second-order valence-corrected chi connectivity index (χ2v) is 4.82. The molecule has 17 heavy (non-hydrogen) atoms. The summed E-state index contributed by atoms with van der Waals surface area (Å²) in [6, 6.07) is 0.0419. The number of nitrogens with one attached hydrogen (secondary N) is 1. The Morgan fingerprint density at radius 1 is 1.41 bits per heavy atom. The van der Waals surface area contributed by atoms with Crippen LogP contribution in [0.15, 0.2) is 11.6 Å². The Hall–Kier alpha value is -0.980. The molecule has 0 radical (unpaired) electrons. The SMILES string of the molecule is CCC(Nc1nc(Cl)nnc1Cl)c1nccs1. The van der Waals surface area contributed by atoms with Gasteiger partial charge in [-0.05, 0) is 18.0 Å². The van der Waals surface area contributed by atoms with Gasteiger partial charge in [0, 0.05) is 11.6 Å². The summed E-state index contributed by atoms with van der Waals surface area (Å²) in [5.74, 6) is 0.425. The van der Waals surface area contributed by atoms with Crippen molar-refractivity contribution in [2.24, 2.45) is 0 Å². The summed E-state index contributed by atoms with van der Waals surface area (Å²) in [6.07, 6.45) is 2.61. The van der Waals surface area contributed by atoms with E-state index in [1.54, 1.807) is 17.5 Å². The fourth-order valence-corrected chi connectivity index (χ4v) is 2.32. The summed E-state index contributed by atoms with van der Waals surface area (Å²) in [7, 11) is 0. The first kappa shape index (κ1) is 12.5. The van der Waals surface area contributed by atoms with Gasteiger partial charge in [0.1, 0.15) is 5.01 Å². The van der Waals surface area contributed by atoms with E-state index in [0.717, 1.165) is 11.4 Å². The second kappa shape index (κ2) is 5.57. The number of hydrogen-bond acceptors (Lipinski definition) is 6. The molecule has 1 atom stereocenters. The minimum atomic E-state index is 0.0419. The Morgan fingerprint density at radius 2 is 2.24 bits per heavy atom. The van der Waals surface area contributed by atoms with Crippen LogP contribution in [0.1, 0.15) is 24.4 Å². The van der Waals surface area contributed by atoms with Crippen LogP contribution < -0.4 is 5.32 Å². The molecule has 2 aromatic heterocycles. The van der Waals surface area contributed by atoms with E-state index in [-0.39, 0.29) is 16.5 Å². The van der Waals surface area contributed by atoms with Crippen molar-refractivity contribution in [3.63, 3.8) is 0 Å². The van der Waals surface area contributed by atoms with Gasteiger partial charge in [0.05, 0.1) is 6.04 Å². The lowest BCUT2D eigenvalue weighted by Gasteiger charge is -2.15. The molecule has 0 spiro atoms. The van der Waals surface area contributed by atoms with Crippen molar-refractivity contribution < 1.29 is 0 Å². The topological polar surface area (TPSA) is 63.6 Å². The van der Waals surface area contributed by atoms with E-state index in [1.807, 2.05) is 12.3 Å². The van der Waals surface area contributed by atoms with Gasteiger partial charge >= 0.3 is 0 Å². The predicted octanol–water partition coefficient (Wildman–Crippen LogP) is 3.20. The maximum atomic E-state index is 5.88. The Morgan fingerprint density at radius 3 is 2.88 bits per heavy atom. The number of aromatic nitrogens is 4. The molecule has 0 aliphatic rings. The quantitative estimate of drug-likeness (QED) is 0.936. The smallest absolute Gasteiger partial charge is 0.245 e. The minimum Gasteiger partial charge on any atom is -0.358 e. The van der Waals surface area contributed by atoms with Crippen LogP contribution in [-0.2, 0) is 0 Å². The van der Waals surface area contributed by atoms with E-state index in [2.05, 4.69) is 25.5 Å². The normalized spacial score (nSPS) is 12.4. The van der Waals surface area contributed by atoms with Crippen LogP contribution in [0.5, 0.6) is 0 Å². The molecule has 2 aromatic rings. The molecule has 2 rings (SSSR count). The van der Waals surface area contributed by atoms with E-state index in [4.69, 9.17) is 23.2 Å². The molecule has 1 unspecified atom stereocenters. The third-order valence-corrected chi connectivity index (χ3v) is 3.39. The summed E-state index contributed by atoms with van der Waals surface area (Å²) in [4.78, 5) is 8.25. The highest BCUT2D eigenvalue weighted by atomic mass is 35.5. The molecule has 1 N–H and O–H groups in total. The summed E-state index contributed by atoms with van der Waals surface area (Å²) in [5, 5.41) is 13.6. The molecule has 0 saturated heterocycles. The Balaban J connectivity index is 2.21. The van der Waals surface area contributed by atoms with Crippen molar-refractivity contribution in [1.82, 2.24) is 20.2 Å². The zero-order chi connectivity index (χ0) is 12.3. The Kier molecular flexibility index (Phi) is 4.09. The van der Waals surface area contributed by atoms with Crippen LogP contribution in [0.25, 0.3) is 0 Å². The lowest BCUT2D eigenvalue weighted by molar-refractivity contribution is 0.734. The van der Waals surface area contributed by atoms with Gasteiger partial charge in [-0.15, -0.1) is 21.5 Å². The average molecular weight is 290 g/mol. The molecule has 90 valence electrons. The standard InChI is InChI=1S/C9H9Cl2N5S/c1-2-5(8-12-3-4-17-8)13-7-6(10)15-16-9(11)14-7/h3-5H,2H2,1H3,(H,13,14,16). The van der Waals surface area contributed by atoms with E-state index in [9.17, 15) is 0 Å². The molecule has 0 aliphatic carbocycles. The fraction of sp³-hybridized carbons (Fsp3) is 0.333. The van der Waals surface area contributed by atoms with Gasteiger partial charge in [0.25, 0.3) is 0 Å². The molecule has 0 bridgehead atoms. The highest BCUT2D eigenvalue weighted by Crippen LogP contribution is 2.26. The first-order chi connectivity index (χ1) is 8.20. The molecular formula is C9H9Cl2N5S. The van der Waals surface area contributed by atoms with Crippen molar-refractivity contribution in [1.29, 1.82) is 0 Å². The highest BCUT2D eigenvalue weighted by Gasteiger charge is 2.15. The van der Waals surface area contributed by atoms with E-state index < -0.39 is 0 Å². The van der Waals surface area contributed by atoms with Crippen LogP contribution in [0.2, 0.25) is 10.4 Å². The molecule has 8 heteroatoms. The van der Waals surface area contributed by atoms with Crippen molar-refractivity contribution in [2.75, 3.05) is 5.32 Å².